The summed E-state index contributed by atoms with van der Waals surface area (Å²) in [7, 11) is 0. The number of halogens is 1. The summed E-state index contributed by atoms with van der Waals surface area (Å²) in [5.74, 6) is -0.0809. The normalized spacial score (nSPS) is 18.4. The lowest BCUT2D eigenvalue weighted by Gasteiger charge is -2.36. The molecule has 0 saturated carbocycles. The van der Waals surface area contributed by atoms with E-state index in [4.69, 9.17) is 0 Å². The van der Waals surface area contributed by atoms with Crippen molar-refractivity contribution in [1.29, 1.82) is 0 Å². The second-order valence-electron chi connectivity index (χ2n) is 7.02. The van der Waals surface area contributed by atoms with E-state index >= 15 is 0 Å². The molecule has 112 valence electrons. The van der Waals surface area contributed by atoms with Gasteiger partial charge < -0.3 is 4.90 Å². The third-order valence-corrected chi connectivity index (χ3v) is 3.99. The summed E-state index contributed by atoms with van der Waals surface area (Å²) in [6, 6.07) is 7.11. The predicted octanol–water partition coefficient (Wildman–Crippen LogP) is 3.38. The molecule has 2 rings (SSSR count). The molecule has 0 N–H and O–H groups in total. The van der Waals surface area contributed by atoms with Crippen molar-refractivity contribution in [2.75, 3.05) is 32.7 Å². The first-order valence-electron chi connectivity index (χ1n) is 7.62. The molecule has 0 radical (unpaired) electrons. The van der Waals surface area contributed by atoms with E-state index < -0.39 is 0 Å². The van der Waals surface area contributed by atoms with Crippen LogP contribution < -0.4 is 0 Å². The van der Waals surface area contributed by atoms with Gasteiger partial charge in [-0.25, -0.2) is 4.39 Å². The number of rotatable bonds is 4. The highest BCUT2D eigenvalue weighted by Crippen LogP contribution is 2.19. The minimum Gasteiger partial charge on any atom is -0.301 e. The van der Waals surface area contributed by atoms with E-state index in [2.05, 4.69) is 30.6 Å². The number of piperazine rings is 1. The average molecular weight is 278 g/mol. The molecule has 1 aliphatic heterocycles. The number of nitrogens with zero attached hydrogens (tertiary/aromatic N) is 2. The summed E-state index contributed by atoms with van der Waals surface area (Å²) in [6.07, 6.45) is 1.24. The van der Waals surface area contributed by atoms with E-state index in [1.807, 2.05) is 12.1 Å². The first-order chi connectivity index (χ1) is 9.44. The van der Waals surface area contributed by atoms with Gasteiger partial charge in [-0.3, -0.25) is 4.90 Å². The van der Waals surface area contributed by atoms with Gasteiger partial charge in [-0.1, -0.05) is 39.0 Å². The molecular formula is C17H27FN2. The maximum atomic E-state index is 13.6. The van der Waals surface area contributed by atoms with E-state index in [-0.39, 0.29) is 5.82 Å². The van der Waals surface area contributed by atoms with Crippen molar-refractivity contribution in [3.63, 3.8) is 0 Å². The van der Waals surface area contributed by atoms with Crippen molar-refractivity contribution in [3.05, 3.63) is 35.6 Å². The van der Waals surface area contributed by atoms with Crippen LogP contribution in [0.15, 0.2) is 24.3 Å². The molecule has 1 fully saturated rings. The molecule has 0 amide bonds. The Bertz CT molecular complexity index is 417. The molecule has 1 heterocycles. The molecule has 0 bridgehead atoms. The van der Waals surface area contributed by atoms with Crippen LogP contribution in [0.2, 0.25) is 0 Å². The van der Waals surface area contributed by atoms with E-state index in [1.165, 1.54) is 13.0 Å². The second kappa shape index (κ2) is 6.68. The second-order valence-corrected chi connectivity index (χ2v) is 7.02. The molecule has 0 aromatic heterocycles. The molecule has 1 aliphatic rings. The van der Waals surface area contributed by atoms with Crippen molar-refractivity contribution in [2.45, 2.75) is 33.7 Å². The summed E-state index contributed by atoms with van der Waals surface area (Å²) in [5.41, 5.74) is 1.22. The van der Waals surface area contributed by atoms with Gasteiger partial charge in [0.25, 0.3) is 0 Å². The lowest BCUT2D eigenvalue weighted by Crippen LogP contribution is -2.46. The molecular weight excluding hydrogens is 251 g/mol. The SMILES string of the molecule is CC(C)(C)CCN1CCN(Cc2ccccc2F)CC1. The Hall–Kier alpha value is -0.930. The van der Waals surface area contributed by atoms with Gasteiger partial charge in [0.15, 0.2) is 0 Å². The van der Waals surface area contributed by atoms with Crippen LogP contribution >= 0.6 is 0 Å². The standard InChI is InChI=1S/C17H27FN2/c1-17(2,3)8-9-19-10-12-20(13-11-19)14-15-6-4-5-7-16(15)18/h4-7H,8-14H2,1-3H3. The van der Waals surface area contributed by atoms with E-state index in [0.29, 0.717) is 5.41 Å². The van der Waals surface area contributed by atoms with Crippen LogP contribution in [0.5, 0.6) is 0 Å². The van der Waals surface area contributed by atoms with Crippen LogP contribution in [-0.2, 0) is 6.54 Å². The van der Waals surface area contributed by atoms with Gasteiger partial charge in [0.2, 0.25) is 0 Å². The quantitative estimate of drug-likeness (QED) is 0.833. The lowest BCUT2D eigenvalue weighted by atomic mass is 9.92. The zero-order chi connectivity index (χ0) is 14.6. The van der Waals surface area contributed by atoms with E-state index in [9.17, 15) is 4.39 Å². The fourth-order valence-electron chi connectivity index (χ4n) is 2.53. The van der Waals surface area contributed by atoms with Crippen LogP contribution in [-0.4, -0.2) is 42.5 Å². The van der Waals surface area contributed by atoms with E-state index in [1.54, 1.807) is 12.1 Å². The minimum atomic E-state index is -0.0809. The zero-order valence-corrected chi connectivity index (χ0v) is 13.0. The summed E-state index contributed by atoms with van der Waals surface area (Å²) in [6.45, 7) is 13.1. The highest BCUT2D eigenvalue weighted by Gasteiger charge is 2.19. The van der Waals surface area contributed by atoms with Crippen LogP contribution in [0.25, 0.3) is 0 Å². The molecule has 3 heteroatoms. The van der Waals surface area contributed by atoms with E-state index in [0.717, 1.165) is 38.3 Å². The third kappa shape index (κ3) is 4.88. The van der Waals surface area contributed by atoms with Crippen LogP contribution in [0, 0.1) is 11.2 Å². The Morgan fingerprint density at radius 2 is 1.60 bits per heavy atom. The van der Waals surface area contributed by atoms with Gasteiger partial charge in [-0.15, -0.1) is 0 Å². The topological polar surface area (TPSA) is 6.48 Å². The number of hydrogen-bond donors (Lipinski definition) is 0. The molecule has 2 nitrogen and oxygen atoms in total. The van der Waals surface area contributed by atoms with Crippen molar-refractivity contribution in [3.8, 4) is 0 Å². The summed E-state index contributed by atoms with van der Waals surface area (Å²) in [4.78, 5) is 4.88. The predicted molar refractivity (Wildman–Crippen MR) is 82.2 cm³/mol. The van der Waals surface area contributed by atoms with Crippen molar-refractivity contribution >= 4 is 0 Å². The maximum Gasteiger partial charge on any atom is 0.127 e. The largest absolute Gasteiger partial charge is 0.301 e. The average Bonchev–Trinajstić information content (AvgIpc) is 2.40. The smallest absolute Gasteiger partial charge is 0.127 e. The first kappa shape index (κ1) is 15.5. The van der Waals surface area contributed by atoms with Gasteiger partial charge >= 0.3 is 0 Å². The van der Waals surface area contributed by atoms with Gasteiger partial charge in [0.1, 0.15) is 5.82 Å². The van der Waals surface area contributed by atoms with Gasteiger partial charge in [-0.05, 0) is 24.4 Å². The summed E-state index contributed by atoms with van der Waals surface area (Å²) in [5, 5.41) is 0. The Labute approximate surface area is 122 Å². The molecule has 1 aromatic rings. The molecule has 20 heavy (non-hydrogen) atoms. The monoisotopic (exact) mass is 278 g/mol. The highest BCUT2D eigenvalue weighted by molar-refractivity contribution is 5.17. The van der Waals surface area contributed by atoms with Crippen molar-refractivity contribution in [2.24, 2.45) is 5.41 Å². The molecule has 1 saturated heterocycles. The first-order valence-corrected chi connectivity index (χ1v) is 7.62. The molecule has 0 aliphatic carbocycles. The Kier molecular flexibility index (Phi) is 5.17. The fourth-order valence-corrected chi connectivity index (χ4v) is 2.53. The van der Waals surface area contributed by atoms with Crippen LogP contribution in [0.3, 0.4) is 0 Å². The van der Waals surface area contributed by atoms with Crippen molar-refractivity contribution < 1.29 is 4.39 Å². The maximum absolute atomic E-state index is 13.6. The van der Waals surface area contributed by atoms with Gasteiger partial charge in [0.05, 0.1) is 0 Å². The number of hydrogen-bond acceptors (Lipinski definition) is 2. The van der Waals surface area contributed by atoms with Crippen molar-refractivity contribution in [1.82, 2.24) is 9.80 Å². The lowest BCUT2D eigenvalue weighted by molar-refractivity contribution is 0.115. The molecule has 0 spiro atoms. The van der Waals surface area contributed by atoms with Crippen LogP contribution in [0.1, 0.15) is 32.8 Å². The Balaban J connectivity index is 1.76. The Morgan fingerprint density at radius 1 is 1.00 bits per heavy atom. The minimum absolute atomic E-state index is 0.0809. The molecule has 0 atom stereocenters. The number of benzene rings is 1. The summed E-state index contributed by atoms with van der Waals surface area (Å²) >= 11 is 0. The third-order valence-electron chi connectivity index (χ3n) is 3.99. The van der Waals surface area contributed by atoms with Gasteiger partial charge in [0, 0.05) is 38.3 Å². The Morgan fingerprint density at radius 3 is 2.20 bits per heavy atom. The fraction of sp³-hybridized carbons (Fsp3) is 0.647. The molecule has 0 unspecified atom stereocenters. The molecule has 1 aromatic carbocycles. The summed E-state index contributed by atoms with van der Waals surface area (Å²) < 4.78 is 13.6. The van der Waals surface area contributed by atoms with Gasteiger partial charge in [-0.2, -0.15) is 0 Å². The highest BCUT2D eigenvalue weighted by atomic mass is 19.1. The zero-order valence-electron chi connectivity index (χ0n) is 13.0. The van der Waals surface area contributed by atoms with Crippen LogP contribution in [0.4, 0.5) is 4.39 Å².